The highest BCUT2D eigenvalue weighted by atomic mass is 16.3. The molecule has 0 saturated heterocycles. The number of anilines is 1. The molecular weight excluding hydrogens is 256 g/mol. The zero-order chi connectivity index (χ0) is 14.1. The molecule has 0 radical (unpaired) electrons. The molecule has 2 aromatic heterocycles. The maximum absolute atomic E-state index is 12.5. The highest BCUT2D eigenvalue weighted by Crippen LogP contribution is 2.21. The first-order chi connectivity index (χ1) is 9.66. The van der Waals surface area contributed by atoms with Crippen molar-refractivity contribution in [2.24, 2.45) is 0 Å². The average molecular weight is 268 g/mol. The Morgan fingerprint density at radius 2 is 2.20 bits per heavy atom. The molecule has 6 nitrogen and oxygen atoms in total. The SMILES string of the molecule is CN(C(=O)c1cnn2ccncc12)c1cccc(O)c1. The number of hydrogen-bond donors (Lipinski definition) is 1. The Balaban J connectivity index is 2.00. The predicted octanol–water partition coefficient (Wildman–Crippen LogP) is 1.71. The maximum atomic E-state index is 12.5. The number of benzene rings is 1. The van der Waals surface area contributed by atoms with Crippen LogP contribution >= 0.6 is 0 Å². The predicted molar refractivity (Wildman–Crippen MR) is 73.8 cm³/mol. The number of fused-ring (bicyclic) bond motifs is 1. The van der Waals surface area contributed by atoms with E-state index in [9.17, 15) is 9.90 Å². The van der Waals surface area contributed by atoms with Crippen LogP contribution in [0.3, 0.4) is 0 Å². The van der Waals surface area contributed by atoms with Crippen molar-refractivity contribution in [3.63, 3.8) is 0 Å². The summed E-state index contributed by atoms with van der Waals surface area (Å²) in [5.74, 6) is -0.0951. The molecule has 0 unspecified atom stereocenters. The van der Waals surface area contributed by atoms with E-state index in [4.69, 9.17) is 0 Å². The highest BCUT2D eigenvalue weighted by molar-refractivity contribution is 6.09. The van der Waals surface area contributed by atoms with E-state index in [0.29, 0.717) is 16.8 Å². The van der Waals surface area contributed by atoms with Crippen LogP contribution in [0.25, 0.3) is 5.52 Å². The lowest BCUT2D eigenvalue weighted by Crippen LogP contribution is -2.26. The largest absolute Gasteiger partial charge is 0.508 e. The van der Waals surface area contributed by atoms with Crippen LogP contribution in [-0.2, 0) is 0 Å². The first kappa shape index (κ1) is 12.2. The number of aromatic hydroxyl groups is 1. The van der Waals surface area contributed by atoms with Crippen molar-refractivity contribution in [3.05, 3.63) is 54.6 Å². The lowest BCUT2D eigenvalue weighted by atomic mass is 10.2. The van der Waals surface area contributed by atoms with Gasteiger partial charge in [-0.05, 0) is 12.1 Å². The topological polar surface area (TPSA) is 70.7 Å². The molecule has 0 aliphatic carbocycles. The zero-order valence-electron chi connectivity index (χ0n) is 10.8. The van der Waals surface area contributed by atoms with E-state index in [-0.39, 0.29) is 11.7 Å². The second kappa shape index (κ2) is 4.65. The molecule has 0 aliphatic rings. The van der Waals surface area contributed by atoms with Gasteiger partial charge < -0.3 is 10.0 Å². The third-order valence-corrected chi connectivity index (χ3v) is 3.08. The minimum Gasteiger partial charge on any atom is -0.508 e. The number of hydrogen-bond acceptors (Lipinski definition) is 4. The molecule has 1 amide bonds. The zero-order valence-corrected chi connectivity index (χ0v) is 10.8. The van der Waals surface area contributed by atoms with Crippen LogP contribution in [0.15, 0.2) is 49.1 Å². The van der Waals surface area contributed by atoms with Crippen LogP contribution < -0.4 is 4.90 Å². The summed E-state index contributed by atoms with van der Waals surface area (Å²) in [7, 11) is 1.65. The van der Waals surface area contributed by atoms with E-state index in [2.05, 4.69) is 10.1 Å². The monoisotopic (exact) mass is 268 g/mol. The number of aromatic nitrogens is 3. The van der Waals surface area contributed by atoms with Crippen molar-refractivity contribution < 1.29 is 9.90 Å². The van der Waals surface area contributed by atoms with Crippen molar-refractivity contribution in [1.82, 2.24) is 14.6 Å². The van der Waals surface area contributed by atoms with Gasteiger partial charge in [-0.1, -0.05) is 6.07 Å². The number of rotatable bonds is 2. The summed E-state index contributed by atoms with van der Waals surface area (Å²) in [6.45, 7) is 0. The smallest absolute Gasteiger partial charge is 0.261 e. The molecule has 0 spiro atoms. The molecule has 0 atom stereocenters. The van der Waals surface area contributed by atoms with Gasteiger partial charge in [0, 0.05) is 31.2 Å². The van der Waals surface area contributed by atoms with Gasteiger partial charge in [0.05, 0.1) is 23.5 Å². The van der Waals surface area contributed by atoms with Crippen LogP contribution in [0.2, 0.25) is 0 Å². The number of amides is 1. The summed E-state index contributed by atoms with van der Waals surface area (Å²) in [6, 6.07) is 6.52. The average Bonchev–Trinajstić information content (AvgIpc) is 2.89. The summed E-state index contributed by atoms with van der Waals surface area (Å²) in [4.78, 5) is 18.0. The number of phenolic OH excluding ortho intramolecular Hbond substituents is 1. The molecule has 0 saturated carbocycles. The third-order valence-electron chi connectivity index (χ3n) is 3.08. The van der Waals surface area contributed by atoms with E-state index in [1.54, 1.807) is 48.4 Å². The van der Waals surface area contributed by atoms with Crippen molar-refractivity contribution in [2.75, 3.05) is 11.9 Å². The molecule has 6 heteroatoms. The van der Waals surface area contributed by atoms with Crippen molar-refractivity contribution in [3.8, 4) is 5.75 Å². The van der Waals surface area contributed by atoms with Gasteiger partial charge in [-0.2, -0.15) is 5.10 Å². The molecule has 3 aromatic rings. The molecule has 0 aliphatic heterocycles. The molecule has 20 heavy (non-hydrogen) atoms. The molecule has 3 rings (SSSR count). The van der Waals surface area contributed by atoms with Gasteiger partial charge in [0.2, 0.25) is 0 Å². The van der Waals surface area contributed by atoms with Gasteiger partial charge in [0.1, 0.15) is 5.75 Å². The quantitative estimate of drug-likeness (QED) is 0.768. The Labute approximate surface area is 114 Å². The first-order valence-electron chi connectivity index (χ1n) is 6.01. The highest BCUT2D eigenvalue weighted by Gasteiger charge is 2.18. The Morgan fingerprint density at radius 1 is 1.35 bits per heavy atom. The van der Waals surface area contributed by atoms with Crippen LogP contribution in [0, 0.1) is 0 Å². The third kappa shape index (κ3) is 1.97. The maximum Gasteiger partial charge on any atom is 0.261 e. The fraction of sp³-hybridized carbons (Fsp3) is 0.0714. The lowest BCUT2D eigenvalue weighted by molar-refractivity contribution is 0.0994. The molecule has 100 valence electrons. The van der Waals surface area contributed by atoms with Crippen LogP contribution in [0.5, 0.6) is 5.75 Å². The summed E-state index contributed by atoms with van der Waals surface area (Å²) in [5, 5.41) is 13.6. The normalized spacial score (nSPS) is 10.7. The van der Waals surface area contributed by atoms with Gasteiger partial charge in [-0.3, -0.25) is 9.78 Å². The minimum absolute atomic E-state index is 0.115. The Hall–Kier alpha value is -2.89. The molecular formula is C14H12N4O2. The van der Waals surface area contributed by atoms with Crippen LogP contribution in [0.1, 0.15) is 10.4 Å². The fourth-order valence-corrected chi connectivity index (χ4v) is 2.00. The Bertz CT molecular complexity index is 781. The van der Waals surface area contributed by atoms with Crippen molar-refractivity contribution in [2.45, 2.75) is 0 Å². The van der Waals surface area contributed by atoms with Gasteiger partial charge in [-0.25, -0.2) is 4.52 Å². The van der Waals surface area contributed by atoms with E-state index in [1.165, 1.54) is 17.2 Å². The van der Waals surface area contributed by atoms with Crippen molar-refractivity contribution in [1.29, 1.82) is 0 Å². The van der Waals surface area contributed by atoms with Gasteiger partial charge >= 0.3 is 0 Å². The van der Waals surface area contributed by atoms with Gasteiger partial charge in [0.25, 0.3) is 5.91 Å². The second-order valence-electron chi connectivity index (χ2n) is 4.35. The van der Waals surface area contributed by atoms with Crippen molar-refractivity contribution >= 4 is 17.1 Å². The van der Waals surface area contributed by atoms with E-state index >= 15 is 0 Å². The summed E-state index contributed by atoms with van der Waals surface area (Å²) < 4.78 is 1.59. The molecule has 1 aromatic carbocycles. The summed E-state index contributed by atoms with van der Waals surface area (Å²) in [6.07, 6.45) is 6.39. The summed E-state index contributed by atoms with van der Waals surface area (Å²) in [5.41, 5.74) is 1.71. The minimum atomic E-state index is -0.210. The van der Waals surface area contributed by atoms with Crippen LogP contribution in [-0.4, -0.2) is 32.7 Å². The number of phenols is 1. The lowest BCUT2D eigenvalue weighted by Gasteiger charge is -2.16. The van der Waals surface area contributed by atoms with E-state index < -0.39 is 0 Å². The Kier molecular flexibility index (Phi) is 2.83. The fourth-order valence-electron chi connectivity index (χ4n) is 2.00. The molecule has 1 N–H and O–H groups in total. The second-order valence-corrected chi connectivity index (χ2v) is 4.35. The number of nitrogens with zero attached hydrogens (tertiary/aromatic N) is 4. The molecule has 2 heterocycles. The van der Waals surface area contributed by atoms with Crippen LogP contribution in [0.4, 0.5) is 5.69 Å². The van der Waals surface area contributed by atoms with E-state index in [1.807, 2.05) is 0 Å². The van der Waals surface area contributed by atoms with E-state index in [0.717, 1.165) is 0 Å². The summed E-state index contributed by atoms with van der Waals surface area (Å²) >= 11 is 0. The van der Waals surface area contributed by atoms with Gasteiger partial charge in [-0.15, -0.1) is 0 Å². The molecule has 0 bridgehead atoms. The standard InChI is InChI=1S/C14H12N4O2/c1-17(10-3-2-4-11(19)7-10)14(20)12-8-16-18-6-5-15-9-13(12)18/h2-9,19H,1H3. The van der Waals surface area contributed by atoms with Gasteiger partial charge in [0.15, 0.2) is 0 Å². The number of carbonyl (C=O) groups excluding carboxylic acids is 1. The first-order valence-corrected chi connectivity index (χ1v) is 6.01. The number of carbonyl (C=O) groups is 1. The Morgan fingerprint density at radius 3 is 3.00 bits per heavy atom. The molecule has 0 fully saturated rings.